The van der Waals surface area contributed by atoms with Crippen LogP contribution in [0.2, 0.25) is 0 Å². The minimum Gasteiger partial charge on any atom is -0.341 e. The molecule has 1 rings (SSSR count). The van der Waals surface area contributed by atoms with E-state index in [1.165, 1.54) is 12.8 Å². The Kier molecular flexibility index (Phi) is 6.41. The summed E-state index contributed by atoms with van der Waals surface area (Å²) in [5.74, 6) is 2.02. The molecule has 0 radical (unpaired) electrons. The van der Waals surface area contributed by atoms with Crippen LogP contribution in [-0.4, -0.2) is 23.1 Å². The normalized spacial score (nSPS) is 11.0. The van der Waals surface area contributed by atoms with Crippen LogP contribution in [0, 0.1) is 12.8 Å². The number of alkyl halides is 1. The quantitative estimate of drug-likeness (QED) is 0.706. The van der Waals surface area contributed by atoms with Crippen molar-refractivity contribution >= 4 is 17.5 Å². The van der Waals surface area contributed by atoms with Gasteiger partial charge in [0.1, 0.15) is 0 Å². The number of anilines is 1. The Balaban J connectivity index is 2.84. The van der Waals surface area contributed by atoms with Crippen molar-refractivity contribution in [1.29, 1.82) is 0 Å². The first kappa shape index (κ1) is 15.2. The molecule has 0 atom stereocenters. The SMILES string of the molecule is CCC(CC)CN(CC)c1ncc(CCl)c(C)n1. The molecule has 102 valence electrons. The van der Waals surface area contributed by atoms with E-state index >= 15 is 0 Å². The van der Waals surface area contributed by atoms with E-state index in [2.05, 4.69) is 35.6 Å². The Hall–Kier alpha value is -0.830. The lowest BCUT2D eigenvalue weighted by atomic mass is 10.0. The third kappa shape index (κ3) is 3.84. The van der Waals surface area contributed by atoms with Crippen LogP contribution >= 0.6 is 11.6 Å². The van der Waals surface area contributed by atoms with Crippen molar-refractivity contribution in [1.82, 2.24) is 9.97 Å². The average molecular weight is 270 g/mol. The van der Waals surface area contributed by atoms with E-state index in [9.17, 15) is 0 Å². The lowest BCUT2D eigenvalue weighted by Crippen LogP contribution is -2.30. The molecular formula is C14H24ClN3. The van der Waals surface area contributed by atoms with E-state index in [4.69, 9.17) is 11.6 Å². The summed E-state index contributed by atoms with van der Waals surface area (Å²) in [6.45, 7) is 10.6. The van der Waals surface area contributed by atoms with E-state index in [1.54, 1.807) is 0 Å². The summed E-state index contributed by atoms with van der Waals surface area (Å²) in [7, 11) is 0. The van der Waals surface area contributed by atoms with Gasteiger partial charge in [0.25, 0.3) is 0 Å². The molecule has 1 heterocycles. The Morgan fingerprint density at radius 2 is 1.94 bits per heavy atom. The molecule has 1 aromatic heterocycles. The molecule has 0 aromatic carbocycles. The zero-order valence-corrected chi connectivity index (χ0v) is 12.7. The van der Waals surface area contributed by atoms with Crippen LogP contribution in [0.1, 0.15) is 44.9 Å². The number of rotatable bonds is 7. The van der Waals surface area contributed by atoms with Gasteiger partial charge in [0.2, 0.25) is 5.95 Å². The first-order chi connectivity index (χ1) is 8.65. The molecule has 18 heavy (non-hydrogen) atoms. The van der Waals surface area contributed by atoms with E-state index in [0.29, 0.717) is 11.8 Å². The Bertz CT molecular complexity index is 364. The minimum absolute atomic E-state index is 0.477. The molecule has 0 unspecified atom stereocenters. The van der Waals surface area contributed by atoms with E-state index < -0.39 is 0 Å². The van der Waals surface area contributed by atoms with Gasteiger partial charge in [0, 0.05) is 30.5 Å². The predicted molar refractivity (Wildman–Crippen MR) is 78.3 cm³/mol. The molecular weight excluding hydrogens is 246 g/mol. The summed E-state index contributed by atoms with van der Waals surface area (Å²) in [4.78, 5) is 11.3. The van der Waals surface area contributed by atoms with Gasteiger partial charge in [-0.2, -0.15) is 0 Å². The topological polar surface area (TPSA) is 29.0 Å². The lowest BCUT2D eigenvalue weighted by molar-refractivity contribution is 0.482. The Morgan fingerprint density at radius 1 is 1.28 bits per heavy atom. The summed E-state index contributed by atoms with van der Waals surface area (Å²) in [6, 6.07) is 0. The first-order valence-electron chi connectivity index (χ1n) is 6.79. The van der Waals surface area contributed by atoms with Crippen LogP contribution in [-0.2, 0) is 5.88 Å². The highest BCUT2D eigenvalue weighted by molar-refractivity contribution is 6.17. The molecule has 0 amide bonds. The fourth-order valence-electron chi connectivity index (χ4n) is 1.97. The minimum atomic E-state index is 0.477. The number of nitrogens with zero attached hydrogens (tertiary/aromatic N) is 3. The molecule has 4 heteroatoms. The van der Waals surface area contributed by atoms with Gasteiger partial charge in [-0.3, -0.25) is 0 Å². The van der Waals surface area contributed by atoms with Gasteiger partial charge in [-0.15, -0.1) is 11.6 Å². The highest BCUT2D eigenvalue weighted by atomic mass is 35.5. The van der Waals surface area contributed by atoms with Crippen molar-refractivity contribution < 1.29 is 0 Å². The maximum absolute atomic E-state index is 5.83. The van der Waals surface area contributed by atoms with Crippen LogP contribution in [0.4, 0.5) is 5.95 Å². The second-order valence-corrected chi connectivity index (χ2v) is 4.90. The standard InChI is InChI=1S/C14H24ClN3/c1-5-12(6-2)10-18(7-3)14-16-9-13(8-15)11(4)17-14/h9,12H,5-8,10H2,1-4H3. The highest BCUT2D eigenvalue weighted by Gasteiger charge is 2.13. The second kappa shape index (κ2) is 7.57. The summed E-state index contributed by atoms with van der Waals surface area (Å²) in [6.07, 6.45) is 4.25. The fourth-order valence-corrected chi connectivity index (χ4v) is 2.24. The number of aryl methyl sites for hydroxylation is 1. The van der Waals surface area contributed by atoms with Crippen molar-refractivity contribution in [2.75, 3.05) is 18.0 Å². The molecule has 3 nitrogen and oxygen atoms in total. The van der Waals surface area contributed by atoms with Crippen LogP contribution in [0.3, 0.4) is 0 Å². The van der Waals surface area contributed by atoms with E-state index in [-0.39, 0.29) is 0 Å². The molecule has 0 saturated carbocycles. The zero-order valence-electron chi connectivity index (χ0n) is 11.9. The third-order valence-electron chi connectivity index (χ3n) is 3.51. The van der Waals surface area contributed by atoms with Crippen molar-refractivity contribution in [3.8, 4) is 0 Å². The predicted octanol–water partition coefficient (Wildman–Crippen LogP) is 3.79. The molecule has 0 aliphatic rings. The number of hydrogen-bond donors (Lipinski definition) is 0. The van der Waals surface area contributed by atoms with Crippen LogP contribution in [0.15, 0.2) is 6.20 Å². The van der Waals surface area contributed by atoms with Crippen LogP contribution in [0.5, 0.6) is 0 Å². The van der Waals surface area contributed by atoms with Gasteiger partial charge in [-0.05, 0) is 19.8 Å². The number of aromatic nitrogens is 2. The van der Waals surface area contributed by atoms with Gasteiger partial charge in [-0.25, -0.2) is 9.97 Å². The van der Waals surface area contributed by atoms with Crippen molar-refractivity contribution in [2.45, 2.75) is 46.4 Å². The Labute approximate surface area is 116 Å². The smallest absolute Gasteiger partial charge is 0.225 e. The molecule has 0 aliphatic heterocycles. The first-order valence-corrected chi connectivity index (χ1v) is 7.33. The largest absolute Gasteiger partial charge is 0.341 e. The van der Waals surface area contributed by atoms with Crippen molar-refractivity contribution in [3.63, 3.8) is 0 Å². The highest BCUT2D eigenvalue weighted by Crippen LogP contribution is 2.16. The second-order valence-electron chi connectivity index (χ2n) is 4.64. The molecule has 0 bridgehead atoms. The van der Waals surface area contributed by atoms with E-state index in [1.807, 2.05) is 13.1 Å². The van der Waals surface area contributed by atoms with E-state index in [0.717, 1.165) is 30.3 Å². The molecule has 1 aromatic rings. The zero-order chi connectivity index (χ0) is 13.5. The van der Waals surface area contributed by atoms with Gasteiger partial charge in [-0.1, -0.05) is 26.7 Å². The number of hydrogen-bond acceptors (Lipinski definition) is 3. The Morgan fingerprint density at radius 3 is 2.39 bits per heavy atom. The van der Waals surface area contributed by atoms with Gasteiger partial charge >= 0.3 is 0 Å². The van der Waals surface area contributed by atoms with Crippen molar-refractivity contribution in [3.05, 3.63) is 17.5 Å². The molecule has 0 saturated heterocycles. The average Bonchev–Trinajstić information content (AvgIpc) is 2.40. The van der Waals surface area contributed by atoms with Gasteiger partial charge in [0.15, 0.2) is 0 Å². The summed E-state index contributed by atoms with van der Waals surface area (Å²) in [5, 5.41) is 0. The van der Waals surface area contributed by atoms with Gasteiger partial charge < -0.3 is 4.90 Å². The van der Waals surface area contributed by atoms with Gasteiger partial charge in [0.05, 0.1) is 5.88 Å². The third-order valence-corrected chi connectivity index (χ3v) is 3.80. The maximum atomic E-state index is 5.83. The molecule has 0 fully saturated rings. The molecule has 0 aliphatic carbocycles. The molecule has 0 N–H and O–H groups in total. The number of halogens is 1. The maximum Gasteiger partial charge on any atom is 0.225 e. The van der Waals surface area contributed by atoms with Crippen LogP contribution in [0.25, 0.3) is 0 Å². The summed E-state index contributed by atoms with van der Waals surface area (Å²) >= 11 is 5.83. The fraction of sp³-hybridized carbons (Fsp3) is 0.714. The van der Waals surface area contributed by atoms with Crippen molar-refractivity contribution in [2.24, 2.45) is 5.92 Å². The summed E-state index contributed by atoms with van der Waals surface area (Å²) < 4.78 is 0. The summed E-state index contributed by atoms with van der Waals surface area (Å²) in [5.41, 5.74) is 2.00. The molecule has 0 spiro atoms. The lowest BCUT2D eigenvalue weighted by Gasteiger charge is -2.25. The monoisotopic (exact) mass is 269 g/mol. The van der Waals surface area contributed by atoms with Crippen LogP contribution < -0.4 is 4.90 Å².